The Morgan fingerprint density at radius 1 is 0.864 bits per heavy atom. The molecular formula is C18H20O4. The first-order valence-corrected chi connectivity index (χ1v) is 7.01. The minimum atomic E-state index is -0.270. The zero-order valence-corrected chi connectivity index (χ0v) is 13.3. The number of hydrogen-bond acceptors (Lipinski definition) is 4. The number of hydrogen-bond donors (Lipinski definition) is 0. The highest BCUT2D eigenvalue weighted by atomic mass is 16.5. The van der Waals surface area contributed by atoms with Crippen LogP contribution in [0.1, 0.15) is 28.8 Å². The predicted molar refractivity (Wildman–Crippen MR) is 85.3 cm³/mol. The molecule has 0 saturated heterocycles. The van der Waals surface area contributed by atoms with Crippen LogP contribution >= 0.6 is 0 Å². The van der Waals surface area contributed by atoms with Gasteiger partial charge in [-0.25, -0.2) is 0 Å². The fourth-order valence-corrected chi connectivity index (χ4v) is 2.28. The molecule has 0 bridgehead atoms. The van der Waals surface area contributed by atoms with Crippen LogP contribution in [-0.2, 0) is 0 Å². The first kappa shape index (κ1) is 15.9. The zero-order chi connectivity index (χ0) is 16.1. The molecule has 0 radical (unpaired) electrons. The third-order valence-corrected chi connectivity index (χ3v) is 3.68. The van der Waals surface area contributed by atoms with Crippen LogP contribution in [-0.4, -0.2) is 27.1 Å². The average molecular weight is 300 g/mol. The molecular weight excluding hydrogens is 280 g/mol. The molecule has 2 rings (SSSR count). The molecule has 116 valence electrons. The Morgan fingerprint density at radius 2 is 1.45 bits per heavy atom. The van der Waals surface area contributed by atoms with Gasteiger partial charge in [0.25, 0.3) is 0 Å². The highest BCUT2D eigenvalue weighted by molar-refractivity contribution is 6.03. The van der Waals surface area contributed by atoms with Crippen LogP contribution in [0.15, 0.2) is 42.5 Å². The van der Waals surface area contributed by atoms with E-state index in [-0.39, 0.29) is 11.7 Å². The number of benzene rings is 2. The van der Waals surface area contributed by atoms with Gasteiger partial charge in [0.2, 0.25) is 0 Å². The molecule has 0 unspecified atom stereocenters. The van der Waals surface area contributed by atoms with E-state index in [2.05, 4.69) is 0 Å². The van der Waals surface area contributed by atoms with E-state index in [1.807, 2.05) is 31.2 Å². The Bertz CT molecular complexity index is 647. The Labute approximate surface area is 130 Å². The number of Topliss-reactive ketones (excluding diaryl/α,β-unsaturated/α-hetero) is 1. The number of carbonyl (C=O) groups excluding carboxylic acids is 1. The van der Waals surface area contributed by atoms with Crippen molar-refractivity contribution in [3.8, 4) is 17.2 Å². The normalized spacial score (nSPS) is 11.6. The van der Waals surface area contributed by atoms with Crippen molar-refractivity contribution < 1.29 is 19.0 Å². The van der Waals surface area contributed by atoms with Crippen molar-refractivity contribution in [1.29, 1.82) is 0 Å². The van der Waals surface area contributed by atoms with Gasteiger partial charge >= 0.3 is 0 Å². The number of rotatable bonds is 6. The van der Waals surface area contributed by atoms with Crippen molar-refractivity contribution in [1.82, 2.24) is 0 Å². The van der Waals surface area contributed by atoms with Gasteiger partial charge in [0.1, 0.15) is 17.2 Å². The third kappa shape index (κ3) is 3.22. The fourth-order valence-electron chi connectivity index (χ4n) is 2.28. The summed E-state index contributed by atoms with van der Waals surface area (Å²) >= 11 is 0. The van der Waals surface area contributed by atoms with E-state index in [9.17, 15) is 4.79 Å². The van der Waals surface area contributed by atoms with Gasteiger partial charge in [-0.1, -0.05) is 19.1 Å². The van der Waals surface area contributed by atoms with Gasteiger partial charge in [0.05, 0.1) is 26.9 Å². The second-order valence-electron chi connectivity index (χ2n) is 4.93. The summed E-state index contributed by atoms with van der Waals surface area (Å²) in [5.74, 6) is 1.68. The summed E-state index contributed by atoms with van der Waals surface area (Å²) in [5.41, 5.74) is 1.48. The minimum absolute atomic E-state index is 0.00432. The first-order valence-electron chi connectivity index (χ1n) is 7.01. The van der Waals surface area contributed by atoms with Gasteiger partial charge in [-0.05, 0) is 29.8 Å². The van der Waals surface area contributed by atoms with Crippen LogP contribution in [0.5, 0.6) is 17.2 Å². The van der Waals surface area contributed by atoms with Gasteiger partial charge in [-0.2, -0.15) is 0 Å². The van der Waals surface area contributed by atoms with E-state index in [4.69, 9.17) is 14.2 Å². The molecule has 2 aromatic rings. The summed E-state index contributed by atoms with van der Waals surface area (Å²) in [6, 6.07) is 12.7. The van der Waals surface area contributed by atoms with Crippen molar-refractivity contribution in [3.05, 3.63) is 53.6 Å². The largest absolute Gasteiger partial charge is 0.497 e. The number of methoxy groups -OCH3 is 3. The van der Waals surface area contributed by atoms with Gasteiger partial charge < -0.3 is 14.2 Å². The quantitative estimate of drug-likeness (QED) is 0.763. The van der Waals surface area contributed by atoms with Crippen molar-refractivity contribution in [2.24, 2.45) is 0 Å². The summed E-state index contributed by atoms with van der Waals surface area (Å²) in [4.78, 5) is 12.7. The standard InChI is InChI=1S/C18H20O4/c1-12(13-5-7-14(20-2)8-6-13)18(19)16-10-9-15(21-3)11-17(16)22-4/h5-12H,1-4H3/t12-/m1/s1. The molecule has 2 aromatic carbocycles. The number of carbonyl (C=O) groups is 1. The maximum atomic E-state index is 12.7. The Morgan fingerprint density at radius 3 is 2.00 bits per heavy atom. The Hall–Kier alpha value is -2.49. The van der Waals surface area contributed by atoms with E-state index in [0.717, 1.165) is 11.3 Å². The van der Waals surface area contributed by atoms with Gasteiger partial charge in [-0.3, -0.25) is 4.79 Å². The molecule has 1 atom stereocenters. The molecule has 0 aliphatic carbocycles. The molecule has 0 heterocycles. The van der Waals surface area contributed by atoms with Crippen molar-refractivity contribution in [2.45, 2.75) is 12.8 Å². The molecule has 4 nitrogen and oxygen atoms in total. The minimum Gasteiger partial charge on any atom is -0.497 e. The van der Waals surface area contributed by atoms with Crippen molar-refractivity contribution in [3.63, 3.8) is 0 Å². The lowest BCUT2D eigenvalue weighted by Gasteiger charge is -2.15. The molecule has 0 N–H and O–H groups in total. The third-order valence-electron chi connectivity index (χ3n) is 3.68. The van der Waals surface area contributed by atoms with Crippen LogP contribution in [0.3, 0.4) is 0 Å². The van der Waals surface area contributed by atoms with Crippen LogP contribution in [0, 0.1) is 0 Å². The fraction of sp³-hybridized carbons (Fsp3) is 0.278. The van der Waals surface area contributed by atoms with Crippen LogP contribution in [0.2, 0.25) is 0 Å². The highest BCUT2D eigenvalue weighted by Crippen LogP contribution is 2.30. The van der Waals surface area contributed by atoms with E-state index < -0.39 is 0 Å². The van der Waals surface area contributed by atoms with Crippen LogP contribution < -0.4 is 14.2 Å². The number of ether oxygens (including phenoxy) is 3. The van der Waals surface area contributed by atoms with Crippen molar-refractivity contribution >= 4 is 5.78 Å². The maximum absolute atomic E-state index is 12.7. The Balaban J connectivity index is 2.29. The lowest BCUT2D eigenvalue weighted by molar-refractivity contribution is 0.0963. The topological polar surface area (TPSA) is 44.8 Å². The average Bonchev–Trinajstić information content (AvgIpc) is 2.59. The highest BCUT2D eigenvalue weighted by Gasteiger charge is 2.21. The smallest absolute Gasteiger partial charge is 0.173 e. The van der Waals surface area contributed by atoms with Crippen molar-refractivity contribution in [2.75, 3.05) is 21.3 Å². The maximum Gasteiger partial charge on any atom is 0.173 e. The van der Waals surface area contributed by atoms with E-state index in [1.165, 1.54) is 0 Å². The van der Waals surface area contributed by atoms with Crippen LogP contribution in [0.4, 0.5) is 0 Å². The second kappa shape index (κ2) is 6.98. The summed E-state index contributed by atoms with van der Waals surface area (Å²) in [6.45, 7) is 1.88. The SMILES string of the molecule is COc1ccc([C@@H](C)C(=O)c2ccc(OC)cc2OC)cc1. The summed E-state index contributed by atoms with van der Waals surface area (Å²) < 4.78 is 15.6. The number of ketones is 1. The summed E-state index contributed by atoms with van der Waals surface area (Å²) in [7, 11) is 4.74. The van der Waals surface area contributed by atoms with Gasteiger partial charge in [0.15, 0.2) is 5.78 Å². The van der Waals surface area contributed by atoms with E-state index >= 15 is 0 Å². The summed E-state index contributed by atoms with van der Waals surface area (Å²) in [5, 5.41) is 0. The molecule has 0 fully saturated rings. The predicted octanol–water partition coefficient (Wildman–Crippen LogP) is 3.70. The Kier molecular flexibility index (Phi) is 5.04. The monoisotopic (exact) mass is 300 g/mol. The zero-order valence-electron chi connectivity index (χ0n) is 13.3. The lowest BCUT2D eigenvalue weighted by atomic mass is 9.92. The molecule has 4 heteroatoms. The van der Waals surface area contributed by atoms with E-state index in [1.54, 1.807) is 39.5 Å². The molecule has 0 saturated carbocycles. The van der Waals surface area contributed by atoms with Gasteiger partial charge in [-0.15, -0.1) is 0 Å². The van der Waals surface area contributed by atoms with Gasteiger partial charge in [0, 0.05) is 12.0 Å². The first-order chi connectivity index (χ1) is 10.6. The molecule has 22 heavy (non-hydrogen) atoms. The van der Waals surface area contributed by atoms with E-state index in [0.29, 0.717) is 17.1 Å². The molecule has 0 aliphatic heterocycles. The molecule has 0 spiro atoms. The molecule has 0 aromatic heterocycles. The summed E-state index contributed by atoms with van der Waals surface area (Å²) in [6.07, 6.45) is 0. The molecule has 0 amide bonds. The van der Waals surface area contributed by atoms with Crippen LogP contribution in [0.25, 0.3) is 0 Å². The molecule has 0 aliphatic rings. The lowest BCUT2D eigenvalue weighted by Crippen LogP contribution is -2.11. The second-order valence-corrected chi connectivity index (χ2v) is 4.93.